The van der Waals surface area contributed by atoms with E-state index in [1.165, 1.54) is 12.7 Å². The predicted octanol–water partition coefficient (Wildman–Crippen LogP) is 2.86. The van der Waals surface area contributed by atoms with Crippen molar-refractivity contribution in [1.82, 2.24) is 20.4 Å². The number of hydrogen-bond acceptors (Lipinski definition) is 5. The molecule has 0 aliphatic carbocycles. The molecule has 0 radical (unpaired) electrons. The Morgan fingerprint density at radius 1 is 1.27 bits per heavy atom. The number of nitrogens with zero attached hydrogens (tertiary/aromatic N) is 3. The summed E-state index contributed by atoms with van der Waals surface area (Å²) in [4.78, 5) is 16.2. The molecule has 3 rings (SSSR count). The molecular formula is C22H27N5O3. The van der Waals surface area contributed by atoms with Crippen molar-refractivity contribution in [1.29, 1.82) is 0 Å². The molecule has 2 heterocycles. The summed E-state index contributed by atoms with van der Waals surface area (Å²) in [6.07, 6.45) is 4.54. The van der Waals surface area contributed by atoms with Crippen LogP contribution in [0.25, 0.3) is 5.69 Å². The number of nitrogens with one attached hydrogen (secondary N) is 2. The molecule has 8 heteroatoms. The minimum absolute atomic E-state index is 0.325. The number of aromatic nitrogens is 2. The molecule has 2 aromatic heterocycles. The second-order valence-corrected chi connectivity index (χ2v) is 6.66. The fourth-order valence-corrected chi connectivity index (χ4v) is 3.00. The van der Waals surface area contributed by atoms with E-state index in [2.05, 4.69) is 45.0 Å². The summed E-state index contributed by atoms with van der Waals surface area (Å²) in [6, 6.07) is 11.9. The quantitative estimate of drug-likeness (QED) is 0.338. The Hall–Kier alpha value is -3.55. The van der Waals surface area contributed by atoms with Gasteiger partial charge in [-0.15, -0.1) is 0 Å². The van der Waals surface area contributed by atoms with E-state index in [1.54, 1.807) is 19.2 Å². The zero-order chi connectivity index (χ0) is 21.3. The van der Waals surface area contributed by atoms with E-state index in [0.717, 1.165) is 25.2 Å². The number of guanidine groups is 1. The van der Waals surface area contributed by atoms with E-state index < -0.39 is 5.97 Å². The first-order chi connectivity index (χ1) is 14.6. The Kier molecular flexibility index (Phi) is 7.26. The summed E-state index contributed by atoms with van der Waals surface area (Å²) in [7, 11) is 1.35. The number of hydrogen-bond donors (Lipinski definition) is 2. The molecular weight excluding hydrogens is 382 g/mol. The predicted molar refractivity (Wildman–Crippen MR) is 115 cm³/mol. The third-order valence-corrected chi connectivity index (χ3v) is 4.52. The van der Waals surface area contributed by atoms with Crippen LogP contribution in [0.1, 0.15) is 34.4 Å². The average Bonchev–Trinajstić information content (AvgIpc) is 3.42. The number of carbonyl (C=O) groups is 1. The number of furan rings is 1. The zero-order valence-corrected chi connectivity index (χ0v) is 17.5. The number of rotatable bonds is 8. The lowest BCUT2D eigenvalue weighted by Crippen LogP contribution is -2.38. The fourth-order valence-electron chi connectivity index (χ4n) is 3.00. The molecule has 0 atom stereocenters. The number of aryl methyl sites for hydroxylation is 1. The molecule has 8 nitrogen and oxygen atoms in total. The van der Waals surface area contributed by atoms with Crippen LogP contribution in [0, 0.1) is 6.92 Å². The molecule has 1 aromatic carbocycles. The van der Waals surface area contributed by atoms with Crippen LogP contribution in [0.5, 0.6) is 0 Å². The molecule has 158 valence electrons. The van der Waals surface area contributed by atoms with Gasteiger partial charge in [0.1, 0.15) is 23.6 Å². The lowest BCUT2D eigenvalue weighted by Gasteiger charge is -2.11. The van der Waals surface area contributed by atoms with Crippen molar-refractivity contribution in [2.45, 2.75) is 26.8 Å². The Morgan fingerprint density at radius 3 is 2.73 bits per heavy atom. The summed E-state index contributed by atoms with van der Waals surface area (Å²) < 4.78 is 12.2. The van der Waals surface area contributed by atoms with Crippen LogP contribution in [0.3, 0.4) is 0 Å². The van der Waals surface area contributed by atoms with Gasteiger partial charge in [-0.25, -0.2) is 14.5 Å². The zero-order valence-electron chi connectivity index (χ0n) is 17.5. The van der Waals surface area contributed by atoms with Crippen molar-refractivity contribution in [2.75, 3.05) is 20.2 Å². The van der Waals surface area contributed by atoms with Crippen LogP contribution in [-0.4, -0.2) is 41.9 Å². The van der Waals surface area contributed by atoms with Gasteiger partial charge in [-0.3, -0.25) is 0 Å². The molecule has 0 bridgehead atoms. The van der Waals surface area contributed by atoms with Gasteiger partial charge >= 0.3 is 5.97 Å². The van der Waals surface area contributed by atoms with Crippen molar-refractivity contribution in [3.05, 3.63) is 71.4 Å². The summed E-state index contributed by atoms with van der Waals surface area (Å²) in [5.41, 5.74) is 2.68. The molecule has 2 N–H and O–H groups in total. The molecule has 0 saturated carbocycles. The smallest absolute Gasteiger partial charge is 0.341 e. The number of benzene rings is 1. The summed E-state index contributed by atoms with van der Waals surface area (Å²) in [5, 5.41) is 10.8. The lowest BCUT2D eigenvalue weighted by atomic mass is 10.1. The van der Waals surface area contributed by atoms with Gasteiger partial charge in [0.05, 0.1) is 12.8 Å². The Balaban J connectivity index is 1.54. The molecule has 0 amide bonds. The topological polar surface area (TPSA) is 93.7 Å². The van der Waals surface area contributed by atoms with Gasteiger partial charge in [-0.05, 0) is 50.1 Å². The Morgan fingerprint density at radius 2 is 2.07 bits per heavy atom. The van der Waals surface area contributed by atoms with Gasteiger partial charge in [-0.1, -0.05) is 12.1 Å². The minimum Gasteiger partial charge on any atom is -0.465 e. The van der Waals surface area contributed by atoms with Crippen molar-refractivity contribution in [3.63, 3.8) is 0 Å². The molecule has 0 unspecified atom stereocenters. The number of esters is 1. The molecule has 0 aliphatic heterocycles. The largest absolute Gasteiger partial charge is 0.465 e. The fraction of sp³-hybridized carbons (Fsp3) is 0.318. The van der Waals surface area contributed by atoms with Crippen LogP contribution in [0.4, 0.5) is 0 Å². The minimum atomic E-state index is -0.407. The SMILES string of the molecule is CCNC(=NCc1cc(C(=O)OC)c(C)o1)NCCc1ccc(-n2cccn2)cc1. The van der Waals surface area contributed by atoms with Crippen molar-refractivity contribution < 1.29 is 13.9 Å². The first-order valence-corrected chi connectivity index (χ1v) is 9.89. The first kappa shape index (κ1) is 21.2. The van der Waals surface area contributed by atoms with Gasteiger partial charge in [0.25, 0.3) is 0 Å². The number of carbonyl (C=O) groups excluding carboxylic acids is 1. The maximum atomic E-state index is 11.7. The standard InChI is InChI=1S/C22H27N5O3/c1-4-23-22(25-15-19-14-20(16(2)30-19)21(28)29-3)24-12-10-17-6-8-18(9-7-17)27-13-5-11-26-27/h5-9,11,13-14H,4,10,12,15H2,1-3H3,(H2,23,24,25). The maximum Gasteiger partial charge on any atom is 0.341 e. The molecule has 0 spiro atoms. The number of aliphatic imine (C=N–C) groups is 1. The Bertz CT molecular complexity index is 975. The van der Waals surface area contributed by atoms with Crippen LogP contribution in [0.15, 0.2) is 58.2 Å². The molecule has 0 saturated heterocycles. The number of methoxy groups -OCH3 is 1. The highest BCUT2D eigenvalue weighted by Gasteiger charge is 2.15. The third kappa shape index (κ3) is 5.50. The van der Waals surface area contributed by atoms with Gasteiger partial charge in [-0.2, -0.15) is 5.10 Å². The van der Waals surface area contributed by atoms with Crippen LogP contribution < -0.4 is 10.6 Å². The maximum absolute atomic E-state index is 11.7. The highest BCUT2D eigenvalue weighted by Crippen LogP contribution is 2.16. The van der Waals surface area contributed by atoms with Crippen LogP contribution >= 0.6 is 0 Å². The van der Waals surface area contributed by atoms with E-state index in [-0.39, 0.29) is 0 Å². The van der Waals surface area contributed by atoms with E-state index in [1.807, 2.05) is 23.9 Å². The van der Waals surface area contributed by atoms with Gasteiger partial charge in [0, 0.05) is 25.5 Å². The third-order valence-electron chi connectivity index (χ3n) is 4.52. The van der Waals surface area contributed by atoms with Crippen LogP contribution in [0.2, 0.25) is 0 Å². The van der Waals surface area contributed by atoms with Crippen molar-refractivity contribution in [2.24, 2.45) is 4.99 Å². The van der Waals surface area contributed by atoms with Crippen LogP contribution in [-0.2, 0) is 17.7 Å². The van der Waals surface area contributed by atoms with Gasteiger partial charge < -0.3 is 19.8 Å². The molecule has 30 heavy (non-hydrogen) atoms. The molecule has 0 fully saturated rings. The average molecular weight is 409 g/mol. The second kappa shape index (κ2) is 10.3. The normalized spacial score (nSPS) is 11.4. The van der Waals surface area contributed by atoms with Crippen molar-refractivity contribution >= 4 is 11.9 Å². The molecule has 3 aromatic rings. The molecule has 0 aliphatic rings. The van der Waals surface area contributed by atoms with Gasteiger partial charge in [0.15, 0.2) is 5.96 Å². The van der Waals surface area contributed by atoms with Crippen molar-refractivity contribution in [3.8, 4) is 5.69 Å². The summed E-state index contributed by atoms with van der Waals surface area (Å²) >= 11 is 0. The number of ether oxygens (including phenoxy) is 1. The second-order valence-electron chi connectivity index (χ2n) is 6.66. The van der Waals surface area contributed by atoms with E-state index in [4.69, 9.17) is 9.15 Å². The monoisotopic (exact) mass is 409 g/mol. The highest BCUT2D eigenvalue weighted by atomic mass is 16.5. The van der Waals surface area contributed by atoms with E-state index >= 15 is 0 Å². The van der Waals surface area contributed by atoms with E-state index in [0.29, 0.717) is 29.6 Å². The summed E-state index contributed by atoms with van der Waals surface area (Å²) in [6.45, 7) is 5.55. The van der Waals surface area contributed by atoms with E-state index in [9.17, 15) is 4.79 Å². The van der Waals surface area contributed by atoms with Gasteiger partial charge in [0.2, 0.25) is 0 Å². The highest BCUT2D eigenvalue weighted by molar-refractivity contribution is 5.90. The lowest BCUT2D eigenvalue weighted by molar-refractivity contribution is 0.0599. The summed E-state index contributed by atoms with van der Waals surface area (Å²) in [5.74, 6) is 1.43. The first-order valence-electron chi connectivity index (χ1n) is 9.89. The Labute approximate surface area is 176 Å².